The molecule has 0 aliphatic carbocycles. The summed E-state index contributed by atoms with van der Waals surface area (Å²) in [7, 11) is 1.54. The van der Waals surface area contributed by atoms with E-state index in [-0.39, 0.29) is 29.4 Å². The summed E-state index contributed by atoms with van der Waals surface area (Å²) in [6.45, 7) is 2.10. The van der Waals surface area contributed by atoms with Crippen molar-refractivity contribution in [3.63, 3.8) is 0 Å². The Morgan fingerprint density at radius 3 is 2.51 bits per heavy atom. The van der Waals surface area contributed by atoms with Gasteiger partial charge in [-0.05, 0) is 42.3 Å². The Hall–Kier alpha value is -4.72. The lowest BCUT2D eigenvalue weighted by atomic mass is 9.83. The molecule has 8 nitrogen and oxygen atoms in total. The second kappa shape index (κ2) is 10.1. The molecule has 4 aromatic rings. The number of para-hydroxylation sites is 1. The fourth-order valence-corrected chi connectivity index (χ4v) is 4.43. The Morgan fingerprint density at radius 2 is 1.76 bits per heavy atom. The Labute approximate surface area is 212 Å². The molecule has 5 rings (SSSR count). The van der Waals surface area contributed by atoms with Gasteiger partial charge in [-0.1, -0.05) is 48.5 Å². The fraction of sp³-hybridized carbons (Fsp3) is 0.172. The molecule has 1 unspecified atom stereocenters. The number of fused-ring (bicyclic) bond motifs is 3. The van der Waals surface area contributed by atoms with E-state index in [2.05, 4.69) is 0 Å². The Bertz CT molecular complexity index is 1560. The average Bonchev–Trinajstić information content (AvgIpc) is 2.91. The first-order valence-corrected chi connectivity index (χ1v) is 11.8. The van der Waals surface area contributed by atoms with Gasteiger partial charge < -0.3 is 29.1 Å². The fourth-order valence-electron chi connectivity index (χ4n) is 4.43. The lowest BCUT2D eigenvalue weighted by Gasteiger charge is -2.28. The van der Waals surface area contributed by atoms with Gasteiger partial charge >= 0.3 is 11.6 Å². The molecule has 3 aromatic carbocycles. The van der Waals surface area contributed by atoms with Crippen LogP contribution >= 0.6 is 0 Å². The van der Waals surface area contributed by atoms with Crippen molar-refractivity contribution in [1.29, 1.82) is 0 Å². The summed E-state index contributed by atoms with van der Waals surface area (Å²) in [5.74, 6) is -0.588. The molecule has 1 aromatic heterocycles. The Kier molecular flexibility index (Phi) is 6.55. The molecular formula is C29H25NO7. The summed E-state index contributed by atoms with van der Waals surface area (Å²) < 4.78 is 28.4. The van der Waals surface area contributed by atoms with Gasteiger partial charge in [0.15, 0.2) is 17.2 Å². The normalized spacial score (nSPS) is 14.6. The summed E-state index contributed by atoms with van der Waals surface area (Å²) in [6, 6.07) is 21.8. The van der Waals surface area contributed by atoms with Gasteiger partial charge in [-0.25, -0.2) is 9.59 Å². The smallest absolute Gasteiger partial charge is 0.344 e. The monoisotopic (exact) mass is 499 g/mol. The molecule has 0 amide bonds. The number of ether oxygens (including phenoxy) is 4. The number of methoxy groups -OCH3 is 1. The number of benzene rings is 3. The number of hydrogen-bond donors (Lipinski definition) is 1. The molecule has 0 saturated heterocycles. The van der Waals surface area contributed by atoms with Gasteiger partial charge in [0.1, 0.15) is 17.8 Å². The van der Waals surface area contributed by atoms with Crippen LogP contribution < -0.4 is 25.6 Å². The van der Waals surface area contributed by atoms with Crippen LogP contribution in [0.5, 0.6) is 17.2 Å². The maximum Gasteiger partial charge on any atom is 0.344 e. The summed E-state index contributed by atoms with van der Waals surface area (Å²) in [4.78, 5) is 26.4. The molecule has 0 radical (unpaired) electrons. The van der Waals surface area contributed by atoms with Crippen molar-refractivity contribution < 1.29 is 28.2 Å². The van der Waals surface area contributed by atoms with Gasteiger partial charge in [-0.2, -0.15) is 0 Å². The average molecular weight is 500 g/mol. The molecule has 188 valence electrons. The van der Waals surface area contributed by atoms with Gasteiger partial charge in [0.2, 0.25) is 5.88 Å². The lowest BCUT2D eigenvalue weighted by molar-refractivity contribution is -0.139. The first-order chi connectivity index (χ1) is 18.0. The zero-order valence-corrected chi connectivity index (χ0v) is 20.4. The Balaban J connectivity index is 1.68. The molecular weight excluding hydrogens is 474 g/mol. The lowest BCUT2D eigenvalue weighted by Crippen LogP contribution is -2.31. The van der Waals surface area contributed by atoms with Crippen LogP contribution in [-0.2, 0) is 16.1 Å². The van der Waals surface area contributed by atoms with Crippen LogP contribution in [0.15, 0.2) is 93.5 Å². The second-order valence-corrected chi connectivity index (χ2v) is 8.35. The van der Waals surface area contributed by atoms with Crippen LogP contribution in [0.25, 0.3) is 11.0 Å². The van der Waals surface area contributed by atoms with Crippen molar-refractivity contribution in [3.05, 3.63) is 111 Å². The van der Waals surface area contributed by atoms with E-state index in [4.69, 9.17) is 29.1 Å². The minimum absolute atomic E-state index is 0.0103. The van der Waals surface area contributed by atoms with Crippen LogP contribution in [0.3, 0.4) is 0 Å². The SMILES string of the molecule is CCOC(=O)C1=C(N)Oc2c(c(=O)oc3ccccc23)C1c1ccc(OC)c(OCc2ccccc2)c1. The highest BCUT2D eigenvalue weighted by Gasteiger charge is 2.39. The summed E-state index contributed by atoms with van der Waals surface area (Å²) in [5, 5.41) is 0.557. The van der Waals surface area contributed by atoms with Crippen molar-refractivity contribution in [3.8, 4) is 17.2 Å². The first kappa shape index (κ1) is 24.0. The molecule has 0 fully saturated rings. The summed E-state index contributed by atoms with van der Waals surface area (Å²) in [6.07, 6.45) is 0. The topological polar surface area (TPSA) is 110 Å². The van der Waals surface area contributed by atoms with Gasteiger partial charge in [-0.15, -0.1) is 0 Å². The van der Waals surface area contributed by atoms with Gasteiger partial charge in [0.05, 0.1) is 30.6 Å². The van der Waals surface area contributed by atoms with E-state index < -0.39 is 17.5 Å². The number of carbonyl (C=O) groups excluding carboxylic acids is 1. The van der Waals surface area contributed by atoms with Crippen molar-refractivity contribution >= 4 is 16.9 Å². The van der Waals surface area contributed by atoms with E-state index in [0.717, 1.165) is 5.56 Å². The van der Waals surface area contributed by atoms with Crippen molar-refractivity contribution in [2.45, 2.75) is 19.4 Å². The minimum Gasteiger partial charge on any atom is -0.493 e. The maximum atomic E-state index is 13.3. The van der Waals surface area contributed by atoms with Crippen LogP contribution in [0.2, 0.25) is 0 Å². The van der Waals surface area contributed by atoms with Crippen molar-refractivity contribution in [2.75, 3.05) is 13.7 Å². The van der Waals surface area contributed by atoms with Crippen molar-refractivity contribution in [1.82, 2.24) is 0 Å². The van der Waals surface area contributed by atoms with E-state index >= 15 is 0 Å². The highest BCUT2D eigenvalue weighted by atomic mass is 16.5. The van der Waals surface area contributed by atoms with Crippen LogP contribution in [0.4, 0.5) is 0 Å². The molecule has 0 bridgehead atoms. The number of rotatable bonds is 7. The highest BCUT2D eigenvalue weighted by molar-refractivity contribution is 5.94. The molecule has 1 aliphatic heterocycles. The zero-order valence-electron chi connectivity index (χ0n) is 20.4. The van der Waals surface area contributed by atoms with Crippen LogP contribution in [0.1, 0.15) is 29.5 Å². The molecule has 0 saturated carbocycles. The molecule has 0 spiro atoms. The number of nitrogens with two attached hydrogens (primary N) is 1. The maximum absolute atomic E-state index is 13.3. The van der Waals surface area contributed by atoms with E-state index in [1.165, 1.54) is 7.11 Å². The molecule has 37 heavy (non-hydrogen) atoms. The van der Waals surface area contributed by atoms with Gasteiger partial charge in [0.25, 0.3) is 0 Å². The van der Waals surface area contributed by atoms with Gasteiger partial charge in [-0.3, -0.25) is 0 Å². The first-order valence-electron chi connectivity index (χ1n) is 11.8. The largest absolute Gasteiger partial charge is 0.493 e. The number of carbonyl (C=O) groups is 1. The van der Waals surface area contributed by atoms with E-state index in [1.807, 2.05) is 30.3 Å². The quantitative estimate of drug-likeness (QED) is 0.289. The molecule has 1 aliphatic rings. The number of esters is 1. The summed E-state index contributed by atoms with van der Waals surface area (Å²) in [5.41, 5.74) is 7.68. The summed E-state index contributed by atoms with van der Waals surface area (Å²) >= 11 is 0. The third-order valence-corrected chi connectivity index (χ3v) is 6.11. The van der Waals surface area contributed by atoms with E-state index in [9.17, 15) is 9.59 Å². The predicted molar refractivity (Wildman–Crippen MR) is 137 cm³/mol. The third kappa shape index (κ3) is 4.49. The van der Waals surface area contributed by atoms with E-state index in [0.29, 0.717) is 34.6 Å². The molecule has 2 heterocycles. The minimum atomic E-state index is -0.923. The zero-order chi connectivity index (χ0) is 25.9. The highest BCUT2D eigenvalue weighted by Crippen LogP contribution is 2.45. The van der Waals surface area contributed by atoms with E-state index in [1.54, 1.807) is 49.4 Å². The van der Waals surface area contributed by atoms with Crippen LogP contribution in [0, 0.1) is 0 Å². The van der Waals surface area contributed by atoms with Crippen molar-refractivity contribution in [2.24, 2.45) is 5.73 Å². The third-order valence-electron chi connectivity index (χ3n) is 6.11. The number of hydrogen-bond acceptors (Lipinski definition) is 8. The second-order valence-electron chi connectivity index (χ2n) is 8.35. The molecule has 8 heteroatoms. The molecule has 2 N–H and O–H groups in total. The standard InChI is InChI=1S/C29H25NO7/c1-3-34-28(31)25-23(24-26(37-27(25)30)19-11-7-8-12-20(19)36-29(24)32)18-13-14-21(33-2)22(15-18)35-16-17-9-5-4-6-10-17/h4-15,23H,3,16,30H2,1-2H3. The van der Waals surface area contributed by atoms with Gasteiger partial charge in [0, 0.05) is 0 Å². The Morgan fingerprint density at radius 1 is 1.00 bits per heavy atom. The van der Waals surface area contributed by atoms with Crippen LogP contribution in [-0.4, -0.2) is 19.7 Å². The molecule has 1 atom stereocenters. The predicted octanol–water partition coefficient (Wildman–Crippen LogP) is 4.64.